The summed E-state index contributed by atoms with van der Waals surface area (Å²) in [5.41, 5.74) is 6.84. The summed E-state index contributed by atoms with van der Waals surface area (Å²) >= 11 is 0. The molecule has 0 saturated carbocycles. The van der Waals surface area contributed by atoms with Crippen LogP contribution in [0.25, 0.3) is 5.69 Å². The van der Waals surface area contributed by atoms with Crippen LogP contribution in [0, 0.1) is 17.1 Å². The maximum atomic E-state index is 13.9. The van der Waals surface area contributed by atoms with Gasteiger partial charge in [0.15, 0.2) is 5.69 Å². The van der Waals surface area contributed by atoms with Gasteiger partial charge < -0.3 is 19.8 Å². The van der Waals surface area contributed by atoms with Crippen molar-refractivity contribution in [2.45, 2.75) is 6.61 Å². The quantitative estimate of drug-likeness (QED) is 0.691. The molecule has 27 heavy (non-hydrogen) atoms. The summed E-state index contributed by atoms with van der Waals surface area (Å²) in [6, 6.07) is 7.54. The van der Waals surface area contributed by atoms with Crippen LogP contribution in [0.2, 0.25) is 0 Å². The third kappa shape index (κ3) is 3.32. The number of carbonyl (C=O) groups is 1. The van der Waals surface area contributed by atoms with Crippen LogP contribution in [0.15, 0.2) is 36.7 Å². The monoisotopic (exact) mass is 369 g/mol. The Morgan fingerprint density at radius 2 is 2.19 bits per heavy atom. The highest BCUT2D eigenvalue weighted by Crippen LogP contribution is 2.31. The van der Waals surface area contributed by atoms with Gasteiger partial charge in [0.05, 0.1) is 29.7 Å². The van der Waals surface area contributed by atoms with Gasteiger partial charge in [-0.2, -0.15) is 10.4 Å². The van der Waals surface area contributed by atoms with Crippen molar-refractivity contribution in [2.75, 3.05) is 12.8 Å². The van der Waals surface area contributed by atoms with Crippen molar-refractivity contribution in [3.05, 3.63) is 59.4 Å². The van der Waals surface area contributed by atoms with Gasteiger partial charge in [-0.05, 0) is 18.2 Å². The average molecular weight is 369 g/mol. The van der Waals surface area contributed by atoms with Crippen LogP contribution >= 0.6 is 0 Å². The number of nitrogens with zero attached hydrogens (tertiary/aromatic N) is 4. The minimum atomic E-state index is -0.754. The van der Waals surface area contributed by atoms with Crippen LogP contribution < -0.4 is 10.5 Å². The van der Waals surface area contributed by atoms with Crippen LogP contribution in [0.4, 0.5) is 10.1 Å². The average Bonchev–Trinajstić information content (AvgIpc) is 3.22. The molecule has 0 radical (unpaired) electrons. The smallest absolute Gasteiger partial charge is 0.357 e. The van der Waals surface area contributed by atoms with E-state index < -0.39 is 11.8 Å². The summed E-state index contributed by atoms with van der Waals surface area (Å²) in [4.78, 5) is 12.2. The van der Waals surface area contributed by atoms with Crippen molar-refractivity contribution in [1.29, 1.82) is 5.26 Å². The minimum Gasteiger partial charge on any atom is -0.485 e. The van der Waals surface area contributed by atoms with E-state index in [2.05, 4.69) is 5.10 Å². The molecular weight excluding hydrogens is 353 g/mol. The Labute approximate surface area is 154 Å². The van der Waals surface area contributed by atoms with Crippen molar-refractivity contribution in [1.82, 2.24) is 14.3 Å². The normalized spacial score (nSPS) is 10.4. The molecule has 0 saturated heterocycles. The summed E-state index contributed by atoms with van der Waals surface area (Å²) in [5, 5.41) is 13.3. The van der Waals surface area contributed by atoms with Crippen LogP contribution in [0.3, 0.4) is 0 Å². The van der Waals surface area contributed by atoms with Gasteiger partial charge in [0.25, 0.3) is 0 Å². The van der Waals surface area contributed by atoms with Gasteiger partial charge >= 0.3 is 5.97 Å². The molecule has 2 heterocycles. The summed E-state index contributed by atoms with van der Waals surface area (Å²) < 4.78 is 27.4. The first-order valence-corrected chi connectivity index (χ1v) is 7.85. The van der Waals surface area contributed by atoms with Crippen molar-refractivity contribution in [3.63, 3.8) is 0 Å². The Balaban J connectivity index is 2.09. The SMILES string of the molecule is COC(=O)c1c(N)c(C#N)cn1-c1cc(F)ccc1OCc1ccnn1C. The number of halogens is 1. The molecule has 3 rings (SSSR count). The molecule has 2 N–H and O–H groups in total. The van der Waals surface area contributed by atoms with Gasteiger partial charge in [0.1, 0.15) is 24.2 Å². The Bertz CT molecular complexity index is 1050. The number of methoxy groups -OCH3 is 1. The number of nitrogens with two attached hydrogens (primary N) is 1. The zero-order valence-corrected chi connectivity index (χ0v) is 14.6. The molecule has 0 aliphatic carbocycles. The van der Waals surface area contributed by atoms with Crippen molar-refractivity contribution >= 4 is 11.7 Å². The lowest BCUT2D eigenvalue weighted by Gasteiger charge is -2.15. The predicted molar refractivity (Wildman–Crippen MR) is 93.7 cm³/mol. The molecule has 0 amide bonds. The number of ether oxygens (including phenoxy) is 2. The third-order valence-corrected chi connectivity index (χ3v) is 4.02. The number of esters is 1. The van der Waals surface area contributed by atoms with E-state index in [4.69, 9.17) is 15.2 Å². The first-order chi connectivity index (χ1) is 13.0. The molecule has 2 aromatic heterocycles. The molecule has 0 spiro atoms. The summed E-state index contributed by atoms with van der Waals surface area (Å²) in [6.45, 7) is 0.171. The molecular formula is C18H16FN5O3. The zero-order valence-electron chi connectivity index (χ0n) is 14.6. The van der Waals surface area contributed by atoms with Gasteiger partial charge in [-0.15, -0.1) is 0 Å². The minimum absolute atomic E-state index is 0.0498. The van der Waals surface area contributed by atoms with E-state index in [1.165, 1.54) is 36.1 Å². The molecule has 0 bridgehead atoms. The van der Waals surface area contributed by atoms with Crippen LogP contribution in [-0.4, -0.2) is 27.4 Å². The second-order valence-corrected chi connectivity index (χ2v) is 5.63. The number of nitriles is 1. The van der Waals surface area contributed by atoms with E-state index in [9.17, 15) is 14.4 Å². The van der Waals surface area contributed by atoms with Gasteiger partial charge in [-0.3, -0.25) is 4.68 Å². The maximum absolute atomic E-state index is 13.9. The lowest BCUT2D eigenvalue weighted by molar-refractivity contribution is 0.0593. The topological polar surface area (TPSA) is 108 Å². The van der Waals surface area contributed by atoms with Crippen molar-refractivity contribution in [3.8, 4) is 17.5 Å². The number of hydrogen-bond donors (Lipinski definition) is 1. The van der Waals surface area contributed by atoms with Gasteiger partial charge in [0, 0.05) is 25.5 Å². The van der Waals surface area contributed by atoms with E-state index in [1.807, 2.05) is 6.07 Å². The molecule has 0 aliphatic heterocycles. The molecule has 0 aliphatic rings. The second-order valence-electron chi connectivity index (χ2n) is 5.63. The highest BCUT2D eigenvalue weighted by Gasteiger charge is 2.23. The number of carbonyl (C=O) groups excluding carboxylic acids is 1. The molecule has 0 unspecified atom stereocenters. The van der Waals surface area contributed by atoms with E-state index in [1.54, 1.807) is 24.0 Å². The largest absolute Gasteiger partial charge is 0.485 e. The Morgan fingerprint density at radius 1 is 1.41 bits per heavy atom. The summed E-state index contributed by atoms with van der Waals surface area (Å²) in [7, 11) is 2.96. The number of aromatic nitrogens is 3. The number of rotatable bonds is 5. The summed E-state index contributed by atoms with van der Waals surface area (Å²) in [6.07, 6.45) is 2.97. The fraction of sp³-hybridized carbons (Fsp3) is 0.167. The van der Waals surface area contributed by atoms with E-state index in [0.29, 0.717) is 5.75 Å². The lowest BCUT2D eigenvalue weighted by atomic mass is 10.2. The van der Waals surface area contributed by atoms with Crippen molar-refractivity contribution < 1.29 is 18.7 Å². The highest BCUT2D eigenvalue weighted by molar-refractivity contribution is 5.96. The second kappa shape index (κ2) is 7.21. The van der Waals surface area contributed by atoms with Crippen LogP contribution in [0.1, 0.15) is 21.7 Å². The van der Waals surface area contributed by atoms with Gasteiger partial charge in [-0.1, -0.05) is 0 Å². The maximum Gasteiger partial charge on any atom is 0.357 e. The number of nitrogen functional groups attached to an aromatic ring is 1. The van der Waals surface area contributed by atoms with E-state index >= 15 is 0 Å². The fourth-order valence-corrected chi connectivity index (χ4v) is 2.60. The van der Waals surface area contributed by atoms with E-state index in [-0.39, 0.29) is 29.2 Å². The predicted octanol–water partition coefficient (Wildman–Crippen LogP) is 2.17. The van der Waals surface area contributed by atoms with Crippen LogP contribution in [-0.2, 0) is 18.4 Å². The van der Waals surface area contributed by atoms with Crippen LogP contribution in [0.5, 0.6) is 5.75 Å². The molecule has 3 aromatic rings. The highest BCUT2D eigenvalue weighted by atomic mass is 19.1. The third-order valence-electron chi connectivity index (χ3n) is 4.02. The zero-order chi connectivity index (χ0) is 19.6. The molecule has 0 atom stereocenters. The lowest BCUT2D eigenvalue weighted by Crippen LogP contribution is -2.12. The van der Waals surface area contributed by atoms with Gasteiger partial charge in [0.2, 0.25) is 0 Å². The van der Waals surface area contributed by atoms with Gasteiger partial charge in [-0.25, -0.2) is 9.18 Å². The molecule has 1 aromatic carbocycles. The molecule has 0 fully saturated rings. The Hall–Kier alpha value is -3.80. The Kier molecular flexibility index (Phi) is 4.81. The molecule has 8 nitrogen and oxygen atoms in total. The molecule has 9 heteroatoms. The van der Waals surface area contributed by atoms with Crippen molar-refractivity contribution in [2.24, 2.45) is 7.05 Å². The Morgan fingerprint density at radius 3 is 2.81 bits per heavy atom. The van der Waals surface area contributed by atoms with E-state index in [0.717, 1.165) is 5.69 Å². The number of aryl methyl sites for hydroxylation is 1. The first-order valence-electron chi connectivity index (χ1n) is 7.85. The summed E-state index contributed by atoms with van der Waals surface area (Å²) in [5.74, 6) is -1.00. The standard InChI is InChI=1S/C18H16FN5O3/c1-23-13(5-6-22-23)10-27-15-4-3-12(19)7-14(15)24-9-11(8-20)16(21)17(24)18(25)26-2/h3-7,9H,10,21H2,1-2H3. The number of anilines is 1. The first kappa shape index (κ1) is 18.0. The number of benzene rings is 1. The fourth-order valence-electron chi connectivity index (χ4n) is 2.60. The number of hydrogen-bond acceptors (Lipinski definition) is 6. The molecule has 138 valence electrons.